The maximum atomic E-state index is 13.2. The molecule has 0 saturated carbocycles. The summed E-state index contributed by atoms with van der Waals surface area (Å²) in [4.78, 5) is 6.97. The van der Waals surface area contributed by atoms with Crippen molar-refractivity contribution in [2.45, 2.75) is 32.0 Å². The molecule has 3 aliphatic heterocycles. The predicted octanol–water partition coefficient (Wildman–Crippen LogP) is 3.04. The van der Waals surface area contributed by atoms with Gasteiger partial charge in [-0.1, -0.05) is 0 Å². The van der Waals surface area contributed by atoms with E-state index in [4.69, 9.17) is 9.47 Å². The minimum Gasteiger partial charge on any atom is -0.492 e. The SMILES string of the molecule is CCNC(=NCCOc1ccc(F)c(F)c1)N1CC2C3CCC(O3)C2C1.I. The van der Waals surface area contributed by atoms with Gasteiger partial charge in [0.2, 0.25) is 0 Å². The van der Waals surface area contributed by atoms with Gasteiger partial charge in [0.05, 0.1) is 18.8 Å². The molecule has 4 unspecified atom stereocenters. The highest BCUT2D eigenvalue weighted by Gasteiger charge is 2.53. The molecule has 3 heterocycles. The second-order valence-electron chi connectivity index (χ2n) is 7.18. The highest BCUT2D eigenvalue weighted by atomic mass is 127. The lowest BCUT2D eigenvalue weighted by Gasteiger charge is -2.23. The minimum absolute atomic E-state index is 0. The van der Waals surface area contributed by atoms with Crippen LogP contribution in [0.5, 0.6) is 5.75 Å². The van der Waals surface area contributed by atoms with Crippen molar-refractivity contribution in [3.05, 3.63) is 29.8 Å². The summed E-state index contributed by atoms with van der Waals surface area (Å²) in [5.74, 6) is 0.679. The molecular weight excluding hydrogens is 467 g/mol. The molecule has 5 nitrogen and oxygen atoms in total. The molecule has 1 N–H and O–H groups in total. The number of nitrogens with zero attached hydrogens (tertiary/aromatic N) is 2. The largest absolute Gasteiger partial charge is 0.492 e. The fourth-order valence-electron chi connectivity index (χ4n) is 4.44. The van der Waals surface area contributed by atoms with Crippen molar-refractivity contribution >= 4 is 29.9 Å². The van der Waals surface area contributed by atoms with Crippen LogP contribution in [0.3, 0.4) is 0 Å². The van der Waals surface area contributed by atoms with Crippen LogP contribution in [0.4, 0.5) is 8.78 Å². The molecular formula is C19H26F2IN3O2. The number of hydrogen-bond donors (Lipinski definition) is 1. The van der Waals surface area contributed by atoms with Gasteiger partial charge in [-0.3, -0.25) is 0 Å². The number of likely N-dealkylation sites (tertiary alicyclic amines) is 1. The van der Waals surface area contributed by atoms with Crippen molar-refractivity contribution in [1.82, 2.24) is 10.2 Å². The van der Waals surface area contributed by atoms with Crippen LogP contribution in [0, 0.1) is 23.5 Å². The summed E-state index contributed by atoms with van der Waals surface area (Å²) in [6.45, 7) is 5.60. The molecule has 4 rings (SSSR count). The van der Waals surface area contributed by atoms with E-state index < -0.39 is 11.6 Å². The molecule has 0 aliphatic carbocycles. The maximum Gasteiger partial charge on any atom is 0.194 e. The van der Waals surface area contributed by atoms with Gasteiger partial charge in [-0.25, -0.2) is 13.8 Å². The van der Waals surface area contributed by atoms with Crippen molar-refractivity contribution in [2.24, 2.45) is 16.8 Å². The number of aliphatic imine (C=N–C) groups is 1. The summed E-state index contributed by atoms with van der Waals surface area (Å²) in [6.07, 6.45) is 3.23. The highest BCUT2D eigenvalue weighted by molar-refractivity contribution is 14.0. The van der Waals surface area contributed by atoms with E-state index in [2.05, 4.69) is 22.1 Å². The molecule has 0 spiro atoms. The van der Waals surface area contributed by atoms with Crippen LogP contribution in [-0.4, -0.2) is 55.9 Å². The zero-order chi connectivity index (χ0) is 18.1. The number of ether oxygens (including phenoxy) is 2. The number of fused-ring (bicyclic) bond motifs is 5. The Balaban J connectivity index is 0.00000210. The lowest BCUT2D eigenvalue weighted by molar-refractivity contribution is 0.0767. The average Bonchev–Trinajstić information content (AvgIpc) is 3.33. The summed E-state index contributed by atoms with van der Waals surface area (Å²) in [5.41, 5.74) is 0. The summed E-state index contributed by atoms with van der Waals surface area (Å²) >= 11 is 0. The number of rotatable bonds is 5. The van der Waals surface area contributed by atoms with Crippen molar-refractivity contribution in [1.29, 1.82) is 0 Å². The van der Waals surface area contributed by atoms with Gasteiger partial charge in [-0.15, -0.1) is 24.0 Å². The number of guanidine groups is 1. The van der Waals surface area contributed by atoms with E-state index in [1.54, 1.807) is 0 Å². The van der Waals surface area contributed by atoms with Crippen LogP contribution in [0.25, 0.3) is 0 Å². The summed E-state index contributed by atoms with van der Waals surface area (Å²) in [7, 11) is 0. The Labute approximate surface area is 175 Å². The van der Waals surface area contributed by atoms with Gasteiger partial charge in [0.25, 0.3) is 0 Å². The first-order chi connectivity index (χ1) is 12.7. The van der Waals surface area contributed by atoms with Crippen molar-refractivity contribution in [3.8, 4) is 5.75 Å². The Morgan fingerprint density at radius 1 is 1.22 bits per heavy atom. The quantitative estimate of drug-likeness (QED) is 0.297. The summed E-state index contributed by atoms with van der Waals surface area (Å²) < 4.78 is 37.6. The normalized spacial score (nSPS) is 28.9. The van der Waals surface area contributed by atoms with E-state index in [0.29, 0.717) is 42.9 Å². The Morgan fingerprint density at radius 2 is 1.93 bits per heavy atom. The van der Waals surface area contributed by atoms with Crippen molar-refractivity contribution in [3.63, 3.8) is 0 Å². The van der Waals surface area contributed by atoms with Gasteiger partial charge in [0.15, 0.2) is 17.6 Å². The summed E-state index contributed by atoms with van der Waals surface area (Å²) in [5, 5.41) is 3.35. The highest BCUT2D eigenvalue weighted by Crippen LogP contribution is 2.47. The fourth-order valence-corrected chi connectivity index (χ4v) is 4.44. The number of halogens is 3. The topological polar surface area (TPSA) is 46.1 Å². The van der Waals surface area contributed by atoms with E-state index in [1.165, 1.54) is 18.9 Å². The molecule has 0 aromatic heterocycles. The second-order valence-corrected chi connectivity index (χ2v) is 7.18. The first-order valence-electron chi connectivity index (χ1n) is 9.42. The van der Waals surface area contributed by atoms with Crippen LogP contribution < -0.4 is 10.1 Å². The van der Waals surface area contributed by atoms with Gasteiger partial charge < -0.3 is 19.7 Å². The molecule has 27 heavy (non-hydrogen) atoms. The number of benzene rings is 1. The van der Waals surface area contributed by atoms with E-state index >= 15 is 0 Å². The smallest absolute Gasteiger partial charge is 0.194 e. The standard InChI is InChI=1S/C19H25F2N3O2.HI/c1-2-22-19(23-7-8-25-12-3-4-15(20)16(21)9-12)24-10-13-14(11-24)18-6-5-17(13)26-18;/h3-4,9,13-14,17-18H,2,5-8,10-11H2,1H3,(H,22,23);1H. The minimum atomic E-state index is -0.903. The number of hydrogen-bond acceptors (Lipinski definition) is 3. The molecule has 1 aromatic rings. The van der Waals surface area contributed by atoms with Gasteiger partial charge in [-0.05, 0) is 31.9 Å². The Morgan fingerprint density at radius 3 is 2.56 bits per heavy atom. The van der Waals surface area contributed by atoms with Gasteiger partial charge in [0.1, 0.15) is 12.4 Å². The molecule has 3 aliphatic rings. The fraction of sp³-hybridized carbons (Fsp3) is 0.632. The second kappa shape index (κ2) is 8.89. The third-order valence-electron chi connectivity index (χ3n) is 5.60. The Kier molecular flexibility index (Phi) is 6.78. The van der Waals surface area contributed by atoms with Crippen LogP contribution in [0.15, 0.2) is 23.2 Å². The molecule has 4 atom stereocenters. The molecule has 3 fully saturated rings. The van der Waals surface area contributed by atoms with Crippen LogP contribution in [0.1, 0.15) is 19.8 Å². The van der Waals surface area contributed by atoms with Crippen LogP contribution >= 0.6 is 24.0 Å². The molecule has 0 amide bonds. The van der Waals surface area contributed by atoms with E-state index in [0.717, 1.165) is 37.7 Å². The molecule has 2 bridgehead atoms. The van der Waals surface area contributed by atoms with Gasteiger partial charge >= 0.3 is 0 Å². The summed E-state index contributed by atoms with van der Waals surface area (Å²) in [6, 6.07) is 3.55. The van der Waals surface area contributed by atoms with Crippen molar-refractivity contribution in [2.75, 3.05) is 32.8 Å². The Bertz CT molecular complexity index is 673. The van der Waals surface area contributed by atoms with E-state index in [-0.39, 0.29) is 24.0 Å². The lowest BCUT2D eigenvalue weighted by Crippen LogP contribution is -2.41. The third-order valence-corrected chi connectivity index (χ3v) is 5.60. The number of nitrogens with one attached hydrogen (secondary N) is 1. The van der Waals surface area contributed by atoms with E-state index in [9.17, 15) is 8.78 Å². The first-order valence-corrected chi connectivity index (χ1v) is 9.42. The van der Waals surface area contributed by atoms with Crippen LogP contribution in [0.2, 0.25) is 0 Å². The monoisotopic (exact) mass is 493 g/mol. The third kappa shape index (κ3) is 4.31. The van der Waals surface area contributed by atoms with E-state index in [1.807, 2.05) is 0 Å². The molecule has 1 aromatic carbocycles. The Hall–Kier alpha value is -1.16. The molecule has 0 radical (unpaired) electrons. The molecule has 3 saturated heterocycles. The maximum absolute atomic E-state index is 13.2. The van der Waals surface area contributed by atoms with Gasteiger partial charge in [0, 0.05) is 37.5 Å². The molecule has 150 valence electrons. The molecule has 8 heteroatoms. The average molecular weight is 493 g/mol. The van der Waals surface area contributed by atoms with Gasteiger partial charge in [-0.2, -0.15) is 0 Å². The zero-order valence-corrected chi connectivity index (χ0v) is 17.7. The zero-order valence-electron chi connectivity index (χ0n) is 15.4. The predicted molar refractivity (Wildman–Crippen MR) is 110 cm³/mol. The van der Waals surface area contributed by atoms with Crippen molar-refractivity contribution < 1.29 is 18.3 Å². The first kappa shape index (κ1) is 20.6. The lowest BCUT2D eigenvalue weighted by atomic mass is 9.82. The van der Waals surface area contributed by atoms with Crippen LogP contribution in [-0.2, 0) is 4.74 Å².